The van der Waals surface area contributed by atoms with Crippen LogP contribution < -0.4 is 0 Å². The molecule has 2 atom stereocenters. The molecule has 806 valence electrons. The average molecular weight is 2110 g/mol. The number of nitrogens with zero attached hydrogens (tertiary/aromatic N) is 11. The van der Waals surface area contributed by atoms with Crippen LogP contribution in [0.3, 0.4) is 0 Å². The first-order valence-electron chi connectivity index (χ1n) is 49.6. The molecule has 23 nitrogen and oxygen atoms in total. The highest BCUT2D eigenvalue weighted by Gasteiger charge is 2.29. The van der Waals surface area contributed by atoms with Gasteiger partial charge in [0.1, 0.15) is 79.7 Å². The van der Waals surface area contributed by atoms with Crippen LogP contribution in [0.15, 0.2) is 134 Å². The number of rotatable bonds is 1. The highest BCUT2D eigenvalue weighted by Crippen LogP contribution is 2.37. The van der Waals surface area contributed by atoms with Gasteiger partial charge in [0.05, 0.1) is 50.4 Å². The third kappa shape index (κ3) is 47.6. The van der Waals surface area contributed by atoms with Crippen molar-refractivity contribution in [2.45, 2.75) is 378 Å². The minimum Gasteiger partial charge on any atom is -0.452 e. The van der Waals surface area contributed by atoms with Gasteiger partial charge < -0.3 is 49.3 Å². The number of aryl methyl sites for hydroxylation is 4. The molecular weight excluding hydrogens is 1920 g/mol. The number of allylic oxidation sites excluding steroid dienone is 6. The number of ketones is 1. The number of hydrogen-bond donors (Lipinski definition) is 9. The van der Waals surface area contributed by atoms with Crippen molar-refractivity contribution in [2.75, 3.05) is 18.8 Å². The monoisotopic (exact) mass is 2100 g/mol. The van der Waals surface area contributed by atoms with E-state index in [1.807, 2.05) is 88.8 Å². The third-order valence-corrected chi connectivity index (χ3v) is 24.9. The van der Waals surface area contributed by atoms with Crippen molar-refractivity contribution in [1.82, 2.24) is 84.7 Å². The Morgan fingerprint density at radius 3 is 1.13 bits per heavy atom. The van der Waals surface area contributed by atoms with E-state index in [0.717, 1.165) is 127 Å². The first kappa shape index (κ1) is 132. The fourth-order valence-electron chi connectivity index (χ4n) is 12.0. The Balaban J connectivity index is 0.000000538. The SMILES string of the molecule is C#Cc1c[nH]c(C(C)(C)C)c1.C#Cc1ccc(C(C)(C)C)o1.C#Cc1cnc(C(C)(C)C)[nH]1.C#Cc1nc(C(C)(C)C)[nH]c1C.C=S(C)(=O)C1=NC(C(C)(C)C)=CC1.C=S(C)C1=NC(C(C)(C)C)=CC1.CC(=O)c1cnc(C(C)(C)C)[nH]1.CC(C)(C)c1nc2ccccc2[nH]1.CC(C)(C)c1ncc(Cl)[nH]1.CSC1=NC(C(C)(C)C)=CC1.Cc1[nH]c(C(C)(C)C)nc1Cl.Cc1cnc(C(C)(C)C)[nH]1.Cc1cnc(C(C)(C)C)[nH]1. The number of aliphatic imine (C=N–C) groups is 3. The highest BCUT2D eigenvalue weighted by atomic mass is 35.5. The number of halogens is 2. The quantitative estimate of drug-likeness (QED) is 0.0421. The van der Waals surface area contributed by atoms with Crippen LogP contribution in [-0.2, 0) is 63.7 Å². The maximum absolute atomic E-state index is 11.6. The van der Waals surface area contributed by atoms with E-state index in [1.165, 1.54) is 34.1 Å². The summed E-state index contributed by atoms with van der Waals surface area (Å²) in [6.45, 7) is 92.3. The second-order valence-electron chi connectivity index (χ2n) is 50.0. The standard InChI is InChI=1S/C11H14N2.C10H14N2.C10H17NOS.C10H17NS.C10H13N.C10H12O.C9H14N2O.C9H12N2.C9H15NS.C8H13ClN2.2C8H14N2.C7H11ClN2/c1-11(2,3)10-12-8-6-4-5-7-9(8)13-10;1-6-8-7(2)11-9(12-8)10(3,4)5;1-10(2,3)8-6-7-9(11-8)13(4,5)12;1-10(2,3)8-6-7-9(11-8)12(4)5;1-5-8-6-9(11-7-8)10(2,3)4;1-5-8-6-7-9(11-8)10(2,3)4;1-6(12)7-5-10-8(11-7)9(2,3)4;1-5-7-6-10-8(11-7)9(2,3)4;1-9(2,3)7-5-6-8(10-7)11-4;1-5-6(9)11-7(10-5)8(2,3)4;2*1-6-5-9-7(10-6)8(2,3)4;1-7(2,3)6-9-4-5(8)10-6/h4-7H,1-3H3,(H,12,13);1H,2-5H3,(H,11,12);6H,4,7H2,1-3,5H3;6H,4,7H2,1-3,5H3;1,6-7,11H,2-4H3;1,6-7H,2-4H3;5H,1-4H3,(H,10,11);1,6H,2-4H3,(H,10,11);5H,6H2,1-4H3;1-4H3,(H,10,11);2*5H,1-4H3,(H,9,10);4H,1-3H3,(H,9,10). The summed E-state index contributed by atoms with van der Waals surface area (Å²) < 4.78 is 16.9. The lowest BCUT2D eigenvalue weighted by atomic mass is 9.92. The number of carbonyl (C=O) groups excluding carboxylic acids is 1. The van der Waals surface area contributed by atoms with Crippen LogP contribution in [-0.4, -0.2) is 140 Å². The van der Waals surface area contributed by atoms with Crippen LogP contribution >= 0.6 is 45.4 Å². The molecule has 3 aliphatic rings. The number of hydrogen-bond acceptors (Lipinski definition) is 15. The van der Waals surface area contributed by atoms with Crippen LogP contribution in [0.5, 0.6) is 0 Å². The molecule has 28 heteroatoms. The number of aromatic amines is 9. The first-order valence-corrected chi connectivity index (χ1v) is 55.5. The Kier molecular flexibility index (Phi) is 48.9. The Bertz CT molecular complexity index is 6240. The molecule has 0 radical (unpaired) electrons. The number of aromatic nitrogens is 17. The number of terminal acetylenes is 4. The molecule has 3 aliphatic heterocycles. The summed E-state index contributed by atoms with van der Waals surface area (Å²) >= 11 is 13.2. The summed E-state index contributed by atoms with van der Waals surface area (Å²) in [4.78, 5) is 86.5. The van der Waals surface area contributed by atoms with Crippen molar-refractivity contribution in [3.05, 3.63) is 235 Å². The van der Waals surface area contributed by atoms with Crippen molar-refractivity contribution in [1.29, 1.82) is 0 Å². The summed E-state index contributed by atoms with van der Waals surface area (Å²) in [5, 5.41) is 4.41. The lowest BCUT2D eigenvalue weighted by molar-refractivity contribution is 0.101. The van der Waals surface area contributed by atoms with Crippen LogP contribution in [0.1, 0.15) is 410 Å². The molecular formula is C119H180Cl2N20O3S3. The van der Waals surface area contributed by atoms with Crippen LogP contribution in [0.2, 0.25) is 10.3 Å². The normalized spacial score (nSPS) is 13.8. The Morgan fingerprint density at radius 2 is 0.871 bits per heavy atom. The fraction of sp³-hybridized carbons (Fsp3) is 0.529. The van der Waals surface area contributed by atoms with E-state index in [2.05, 4.69) is 436 Å². The van der Waals surface area contributed by atoms with Crippen molar-refractivity contribution in [3.8, 4) is 49.4 Å². The largest absolute Gasteiger partial charge is 0.452 e. The predicted octanol–water partition coefficient (Wildman–Crippen LogP) is 30.6. The number of Topliss-reactive ketones (excluding diaryl/α,β-unsaturated/α-hetero) is 1. The molecule has 9 N–H and O–H groups in total. The molecule has 0 saturated heterocycles. The van der Waals surface area contributed by atoms with Crippen molar-refractivity contribution >= 4 is 98.7 Å². The molecule has 0 fully saturated rings. The lowest BCUT2D eigenvalue weighted by Gasteiger charge is -2.16. The number of para-hydroxylation sites is 2. The van der Waals surface area contributed by atoms with Gasteiger partial charge in [-0.1, -0.05) is 341 Å². The average Bonchev–Trinajstić information content (AvgIpc) is 1.66. The molecule has 1 aromatic carbocycles. The molecule has 0 aliphatic carbocycles. The van der Waals surface area contributed by atoms with Gasteiger partial charge >= 0.3 is 0 Å². The van der Waals surface area contributed by atoms with Gasteiger partial charge in [-0.15, -0.1) is 37.5 Å². The molecule has 0 spiro atoms. The number of nitrogens with one attached hydrogen (secondary N) is 9. The van der Waals surface area contributed by atoms with E-state index < -0.39 is 9.52 Å². The highest BCUT2D eigenvalue weighted by molar-refractivity contribution is 8.26. The van der Waals surface area contributed by atoms with Gasteiger partial charge in [-0.05, 0) is 88.2 Å². The van der Waals surface area contributed by atoms with E-state index >= 15 is 0 Å². The summed E-state index contributed by atoms with van der Waals surface area (Å²) in [7, 11) is -2.00. The number of H-pyrrole nitrogens is 9. The minimum absolute atomic E-state index is 0.0201. The van der Waals surface area contributed by atoms with Gasteiger partial charge in [0.15, 0.2) is 11.5 Å². The second kappa shape index (κ2) is 54.5. The third-order valence-electron chi connectivity index (χ3n) is 21.3. The van der Waals surface area contributed by atoms with Gasteiger partial charge in [-0.3, -0.25) is 19.0 Å². The smallest absolute Gasteiger partial charge is 0.177 e. The van der Waals surface area contributed by atoms with Crippen molar-refractivity contribution in [3.63, 3.8) is 0 Å². The number of imidazole rings is 8. The predicted molar refractivity (Wildman–Crippen MR) is 638 cm³/mol. The molecule has 0 amide bonds. The zero-order valence-electron chi connectivity index (χ0n) is 98.2. The zero-order chi connectivity index (χ0) is 114. The maximum Gasteiger partial charge on any atom is 0.177 e. The van der Waals surface area contributed by atoms with Crippen LogP contribution in [0.4, 0.5) is 0 Å². The van der Waals surface area contributed by atoms with E-state index in [0.29, 0.717) is 28.2 Å². The maximum atomic E-state index is 11.6. The van der Waals surface area contributed by atoms with E-state index in [-0.39, 0.29) is 86.7 Å². The van der Waals surface area contributed by atoms with Crippen LogP contribution in [0, 0.1) is 93.3 Å². The molecule has 2 unspecified atom stereocenters. The summed E-state index contributed by atoms with van der Waals surface area (Å²) in [5.74, 6) is 27.1. The number of benzene rings is 1. The lowest BCUT2D eigenvalue weighted by Crippen LogP contribution is -2.13. The minimum atomic E-state index is -2.10. The van der Waals surface area contributed by atoms with Gasteiger partial charge in [-0.25, -0.2) is 44.9 Å². The fourth-order valence-corrected chi connectivity index (χ4v) is 14.0. The number of thioether (sulfide) groups is 1. The molecule has 0 bridgehead atoms. The molecule has 11 aromatic rings. The van der Waals surface area contributed by atoms with Crippen molar-refractivity contribution in [2.24, 2.45) is 31.2 Å². The van der Waals surface area contributed by atoms with Gasteiger partial charge in [-0.2, -0.15) is 10.5 Å². The van der Waals surface area contributed by atoms with Crippen molar-refractivity contribution < 1.29 is 13.4 Å². The summed E-state index contributed by atoms with van der Waals surface area (Å²) in [6, 6.07) is 13.9. The Labute approximate surface area is 902 Å². The topological polar surface area (TPSA) is 330 Å². The van der Waals surface area contributed by atoms with Gasteiger partial charge in [0.25, 0.3) is 0 Å². The van der Waals surface area contributed by atoms with Gasteiger partial charge in [0, 0.05) is 176 Å². The molecule has 147 heavy (non-hydrogen) atoms. The van der Waals surface area contributed by atoms with E-state index in [9.17, 15) is 9.00 Å². The Morgan fingerprint density at radius 1 is 0.449 bits per heavy atom. The molecule has 0 saturated carbocycles. The number of carbonyl (C=O) groups is 1. The molecule has 13 heterocycles. The number of furan rings is 1. The second-order valence-corrected chi connectivity index (χ2v) is 55.8. The van der Waals surface area contributed by atoms with E-state index in [1.54, 1.807) is 36.6 Å². The Hall–Kier alpha value is -11.0. The number of fused-ring (bicyclic) bond motifs is 1. The zero-order valence-corrected chi connectivity index (χ0v) is 102. The molecule has 14 rings (SSSR count). The summed E-state index contributed by atoms with van der Waals surface area (Å²) in [5.41, 5.74) is 15.2. The van der Waals surface area contributed by atoms with E-state index in [4.69, 9.17) is 53.3 Å². The first-order chi connectivity index (χ1) is 66.6. The van der Waals surface area contributed by atoms with Gasteiger partial charge in [0.2, 0.25) is 0 Å². The summed E-state index contributed by atoms with van der Waals surface area (Å²) in [6.07, 6.45) is 46.4. The van der Waals surface area contributed by atoms with Crippen LogP contribution in [0.25, 0.3) is 11.0 Å². The molecule has 10 aromatic heterocycles.